The molecule has 22 heavy (non-hydrogen) atoms. The van der Waals surface area contributed by atoms with Crippen LogP contribution in [0.15, 0.2) is 59.6 Å². The first kappa shape index (κ1) is 14.0. The van der Waals surface area contributed by atoms with Crippen LogP contribution in [-0.2, 0) is 0 Å². The van der Waals surface area contributed by atoms with Crippen molar-refractivity contribution in [3.63, 3.8) is 0 Å². The predicted octanol–water partition coefficient (Wildman–Crippen LogP) is 1.32. The standard InChI is InChI=1S/C15H14N4O3/c20-10-13(14-3-1-8-22-14)18-15(21)12-9-11(4-6-16-12)19-7-2-5-17-19/h1-9,13,20H,10H2,(H,18,21). The molecule has 112 valence electrons. The number of aliphatic hydroxyl groups excluding tert-OH is 1. The first-order chi connectivity index (χ1) is 10.8. The number of amides is 1. The molecular formula is C15H14N4O3. The fraction of sp³-hybridized carbons (Fsp3) is 0.133. The van der Waals surface area contributed by atoms with E-state index in [2.05, 4.69) is 15.4 Å². The molecular weight excluding hydrogens is 284 g/mol. The van der Waals surface area contributed by atoms with Gasteiger partial charge in [-0.15, -0.1) is 0 Å². The van der Waals surface area contributed by atoms with Crippen LogP contribution >= 0.6 is 0 Å². The summed E-state index contributed by atoms with van der Waals surface area (Å²) in [4.78, 5) is 16.3. The van der Waals surface area contributed by atoms with E-state index >= 15 is 0 Å². The Kier molecular flexibility index (Phi) is 3.97. The Morgan fingerprint density at radius 1 is 1.36 bits per heavy atom. The molecule has 0 aliphatic heterocycles. The lowest BCUT2D eigenvalue weighted by molar-refractivity contribution is 0.0902. The van der Waals surface area contributed by atoms with E-state index in [4.69, 9.17) is 4.42 Å². The molecule has 3 aromatic heterocycles. The summed E-state index contributed by atoms with van der Waals surface area (Å²) in [5, 5.41) is 16.2. The number of aliphatic hydroxyl groups is 1. The number of nitrogens with zero attached hydrogens (tertiary/aromatic N) is 3. The summed E-state index contributed by atoms with van der Waals surface area (Å²) < 4.78 is 6.83. The van der Waals surface area contributed by atoms with E-state index < -0.39 is 11.9 Å². The van der Waals surface area contributed by atoms with E-state index in [0.717, 1.165) is 5.69 Å². The molecule has 0 aliphatic carbocycles. The van der Waals surface area contributed by atoms with E-state index in [1.807, 2.05) is 0 Å². The number of hydrogen-bond acceptors (Lipinski definition) is 5. The van der Waals surface area contributed by atoms with Crippen LogP contribution in [0.5, 0.6) is 0 Å². The van der Waals surface area contributed by atoms with Crippen LogP contribution in [0.25, 0.3) is 5.69 Å². The van der Waals surface area contributed by atoms with Gasteiger partial charge in [-0.25, -0.2) is 4.68 Å². The number of carbonyl (C=O) groups is 1. The predicted molar refractivity (Wildman–Crippen MR) is 77.4 cm³/mol. The summed E-state index contributed by atoms with van der Waals surface area (Å²) in [6.45, 7) is -0.266. The highest BCUT2D eigenvalue weighted by molar-refractivity contribution is 5.93. The van der Waals surface area contributed by atoms with Crippen LogP contribution in [0.1, 0.15) is 22.3 Å². The van der Waals surface area contributed by atoms with Gasteiger partial charge in [0, 0.05) is 18.6 Å². The van der Waals surface area contributed by atoms with Gasteiger partial charge in [0.25, 0.3) is 5.91 Å². The zero-order valence-electron chi connectivity index (χ0n) is 11.6. The molecule has 0 radical (unpaired) electrons. The average Bonchev–Trinajstić information content (AvgIpc) is 3.25. The van der Waals surface area contributed by atoms with Crippen molar-refractivity contribution < 1.29 is 14.3 Å². The van der Waals surface area contributed by atoms with Gasteiger partial charge in [-0.3, -0.25) is 9.78 Å². The Morgan fingerprint density at radius 2 is 2.27 bits per heavy atom. The average molecular weight is 298 g/mol. The second kappa shape index (κ2) is 6.23. The normalized spacial score (nSPS) is 12.0. The molecule has 1 atom stereocenters. The first-order valence-electron chi connectivity index (χ1n) is 6.69. The first-order valence-corrected chi connectivity index (χ1v) is 6.69. The molecule has 1 unspecified atom stereocenters. The number of pyridine rings is 1. The summed E-state index contributed by atoms with van der Waals surface area (Å²) in [7, 11) is 0. The van der Waals surface area contributed by atoms with Gasteiger partial charge in [-0.05, 0) is 30.3 Å². The molecule has 0 saturated carbocycles. The van der Waals surface area contributed by atoms with Gasteiger partial charge in [0.05, 0.1) is 18.6 Å². The molecule has 0 spiro atoms. The number of furan rings is 1. The molecule has 1 amide bonds. The number of aromatic nitrogens is 3. The second-order valence-electron chi connectivity index (χ2n) is 4.57. The Balaban J connectivity index is 1.79. The summed E-state index contributed by atoms with van der Waals surface area (Å²) >= 11 is 0. The van der Waals surface area contributed by atoms with Crippen molar-refractivity contribution in [3.05, 3.63) is 66.6 Å². The monoisotopic (exact) mass is 298 g/mol. The number of hydrogen-bond donors (Lipinski definition) is 2. The van der Waals surface area contributed by atoms with Crippen molar-refractivity contribution in [3.8, 4) is 5.69 Å². The van der Waals surface area contributed by atoms with Gasteiger partial charge in [0.15, 0.2) is 0 Å². The maximum atomic E-state index is 12.3. The van der Waals surface area contributed by atoms with Crippen LogP contribution in [0.2, 0.25) is 0 Å². The van der Waals surface area contributed by atoms with Crippen molar-refractivity contribution in [2.24, 2.45) is 0 Å². The maximum absolute atomic E-state index is 12.3. The van der Waals surface area contributed by atoms with Crippen LogP contribution in [0, 0.1) is 0 Å². The van der Waals surface area contributed by atoms with E-state index in [-0.39, 0.29) is 12.3 Å². The lowest BCUT2D eigenvalue weighted by Gasteiger charge is -2.13. The Bertz CT molecular complexity index is 738. The van der Waals surface area contributed by atoms with Gasteiger partial charge in [0.2, 0.25) is 0 Å². The van der Waals surface area contributed by atoms with Crippen molar-refractivity contribution in [2.75, 3.05) is 6.61 Å². The molecule has 3 heterocycles. The van der Waals surface area contributed by atoms with E-state index in [1.165, 1.54) is 12.5 Å². The lowest BCUT2D eigenvalue weighted by atomic mass is 10.2. The molecule has 0 bridgehead atoms. The number of nitrogens with one attached hydrogen (secondary N) is 1. The van der Waals surface area contributed by atoms with Crippen molar-refractivity contribution in [1.82, 2.24) is 20.1 Å². The lowest BCUT2D eigenvalue weighted by Crippen LogP contribution is -2.31. The van der Waals surface area contributed by atoms with Gasteiger partial charge in [-0.2, -0.15) is 5.10 Å². The summed E-state index contributed by atoms with van der Waals surface area (Å²) in [6.07, 6.45) is 6.45. The zero-order valence-corrected chi connectivity index (χ0v) is 11.6. The quantitative estimate of drug-likeness (QED) is 0.741. The van der Waals surface area contributed by atoms with Crippen LogP contribution in [-0.4, -0.2) is 32.4 Å². The molecule has 3 aromatic rings. The number of rotatable bonds is 5. The minimum Gasteiger partial charge on any atom is -0.467 e. The van der Waals surface area contributed by atoms with Crippen LogP contribution in [0.3, 0.4) is 0 Å². The molecule has 7 heteroatoms. The van der Waals surface area contributed by atoms with Gasteiger partial charge in [-0.1, -0.05) is 0 Å². The second-order valence-corrected chi connectivity index (χ2v) is 4.57. The highest BCUT2D eigenvalue weighted by atomic mass is 16.3. The van der Waals surface area contributed by atoms with Gasteiger partial charge in [0.1, 0.15) is 17.5 Å². The third kappa shape index (κ3) is 2.89. The molecule has 3 rings (SSSR count). The van der Waals surface area contributed by atoms with Crippen molar-refractivity contribution in [1.29, 1.82) is 0 Å². The van der Waals surface area contributed by atoms with Gasteiger partial charge >= 0.3 is 0 Å². The summed E-state index contributed by atoms with van der Waals surface area (Å²) in [6, 6.07) is 7.94. The third-order valence-electron chi connectivity index (χ3n) is 3.12. The molecule has 0 saturated heterocycles. The summed E-state index contributed by atoms with van der Waals surface area (Å²) in [5.41, 5.74) is 0.960. The molecule has 0 fully saturated rings. The van der Waals surface area contributed by atoms with Crippen LogP contribution < -0.4 is 5.32 Å². The fourth-order valence-corrected chi connectivity index (χ4v) is 2.04. The van der Waals surface area contributed by atoms with Gasteiger partial charge < -0.3 is 14.8 Å². The minimum atomic E-state index is -0.613. The topological polar surface area (TPSA) is 93.2 Å². The molecule has 2 N–H and O–H groups in total. The third-order valence-corrected chi connectivity index (χ3v) is 3.12. The molecule has 0 aromatic carbocycles. The van der Waals surface area contributed by atoms with E-state index in [0.29, 0.717) is 5.76 Å². The Morgan fingerprint density at radius 3 is 2.95 bits per heavy atom. The smallest absolute Gasteiger partial charge is 0.270 e. The minimum absolute atomic E-state index is 0.234. The molecule has 7 nitrogen and oxygen atoms in total. The van der Waals surface area contributed by atoms with E-state index in [1.54, 1.807) is 47.4 Å². The van der Waals surface area contributed by atoms with E-state index in [9.17, 15) is 9.90 Å². The van der Waals surface area contributed by atoms with Crippen LogP contribution in [0.4, 0.5) is 0 Å². The Labute approximate surface area is 126 Å². The highest BCUT2D eigenvalue weighted by Crippen LogP contribution is 2.14. The van der Waals surface area contributed by atoms with Crippen molar-refractivity contribution in [2.45, 2.75) is 6.04 Å². The maximum Gasteiger partial charge on any atom is 0.270 e. The zero-order chi connectivity index (χ0) is 15.4. The summed E-state index contributed by atoms with van der Waals surface area (Å²) in [5.74, 6) is 0.0866. The Hall–Kier alpha value is -2.93. The SMILES string of the molecule is O=C(NC(CO)c1ccco1)c1cc(-n2cccn2)ccn1. The van der Waals surface area contributed by atoms with Crippen molar-refractivity contribution >= 4 is 5.91 Å². The highest BCUT2D eigenvalue weighted by Gasteiger charge is 2.18. The fourth-order valence-electron chi connectivity index (χ4n) is 2.04. The molecule has 0 aliphatic rings. The number of carbonyl (C=O) groups excluding carboxylic acids is 1. The largest absolute Gasteiger partial charge is 0.467 e.